The number of hydrogen-bond donors (Lipinski definition) is 0. The Morgan fingerprint density at radius 3 is 2.26 bits per heavy atom. The van der Waals surface area contributed by atoms with Gasteiger partial charge in [-0.05, 0) is 62.2 Å². The van der Waals surface area contributed by atoms with Gasteiger partial charge in [0, 0.05) is 29.7 Å². The molecule has 2 heterocycles. The Bertz CT molecular complexity index is 1050. The summed E-state index contributed by atoms with van der Waals surface area (Å²) in [5.74, 6) is 0.836. The lowest BCUT2D eigenvalue weighted by Gasteiger charge is -2.23. The maximum Gasteiger partial charge on any atom is 0.141 e. The zero-order chi connectivity index (χ0) is 19.0. The number of anilines is 2. The number of hydrogen-bond acceptors (Lipinski definition) is 5. The second-order valence-electron chi connectivity index (χ2n) is 6.65. The average molecular weight is 359 g/mol. The van der Waals surface area contributed by atoms with Crippen LogP contribution in [0.2, 0.25) is 0 Å². The Hall–Kier alpha value is -3.41. The molecule has 0 aliphatic rings. The van der Waals surface area contributed by atoms with Gasteiger partial charge in [0.15, 0.2) is 0 Å². The highest BCUT2D eigenvalue weighted by Crippen LogP contribution is 2.34. The first kappa shape index (κ1) is 17.0. The third-order valence-electron chi connectivity index (χ3n) is 4.85. The fraction of sp³-hybridized carbons (Fsp3) is 0.190. The van der Waals surface area contributed by atoms with Crippen molar-refractivity contribution in [1.29, 1.82) is 0 Å². The maximum absolute atomic E-state index is 5.34. The first-order chi connectivity index (χ1) is 13.0. The van der Waals surface area contributed by atoms with E-state index in [4.69, 9.17) is 4.52 Å². The summed E-state index contributed by atoms with van der Waals surface area (Å²) in [7, 11) is 2.08. The van der Waals surface area contributed by atoms with Crippen LogP contribution in [0, 0.1) is 20.8 Å². The first-order valence-corrected chi connectivity index (χ1v) is 8.77. The van der Waals surface area contributed by atoms with Gasteiger partial charge in [0.05, 0.1) is 5.69 Å². The van der Waals surface area contributed by atoms with E-state index in [9.17, 15) is 0 Å². The van der Waals surface area contributed by atoms with Crippen LogP contribution in [0.4, 0.5) is 11.4 Å². The average Bonchev–Trinajstić information content (AvgIpc) is 3.32. The van der Waals surface area contributed by atoms with Gasteiger partial charge >= 0.3 is 0 Å². The monoisotopic (exact) mass is 359 g/mol. The first-order valence-electron chi connectivity index (χ1n) is 8.77. The number of aryl methyl sites for hydroxylation is 3. The van der Waals surface area contributed by atoms with Gasteiger partial charge < -0.3 is 9.42 Å². The zero-order valence-electron chi connectivity index (χ0n) is 15.8. The molecule has 136 valence electrons. The van der Waals surface area contributed by atoms with E-state index in [2.05, 4.69) is 76.7 Å². The van der Waals surface area contributed by atoms with Crippen molar-refractivity contribution in [3.63, 3.8) is 0 Å². The number of nitrogens with zero attached hydrogens (tertiary/aromatic N) is 5. The Kier molecular flexibility index (Phi) is 4.24. The van der Waals surface area contributed by atoms with Crippen LogP contribution in [0.15, 0.2) is 59.6 Å². The van der Waals surface area contributed by atoms with E-state index in [0.717, 1.165) is 39.6 Å². The fourth-order valence-corrected chi connectivity index (χ4v) is 3.34. The van der Waals surface area contributed by atoms with E-state index in [-0.39, 0.29) is 0 Å². The molecule has 0 aliphatic carbocycles. The molecule has 4 aromatic rings. The Morgan fingerprint density at radius 2 is 1.63 bits per heavy atom. The Morgan fingerprint density at radius 1 is 0.926 bits per heavy atom. The summed E-state index contributed by atoms with van der Waals surface area (Å²) in [6.07, 6.45) is 3.38. The maximum atomic E-state index is 5.34. The summed E-state index contributed by atoms with van der Waals surface area (Å²) in [5, 5.41) is 11.8. The smallest absolute Gasteiger partial charge is 0.141 e. The van der Waals surface area contributed by atoms with E-state index in [1.165, 1.54) is 5.56 Å². The third kappa shape index (κ3) is 3.10. The van der Waals surface area contributed by atoms with Gasteiger partial charge in [0.1, 0.15) is 18.4 Å². The van der Waals surface area contributed by atoms with Crippen LogP contribution in [-0.2, 0) is 0 Å². The lowest BCUT2D eigenvalue weighted by atomic mass is 10.0. The van der Waals surface area contributed by atoms with E-state index in [0.29, 0.717) is 0 Å². The summed E-state index contributed by atoms with van der Waals surface area (Å²) in [6, 6.07) is 14.8. The lowest BCUT2D eigenvalue weighted by molar-refractivity contribution is 0.393. The SMILES string of the molecule is Cc1ccc(-c2c(C)noc2C)cc1N(C)c1ccc(-n2cnnc2)cc1. The summed E-state index contributed by atoms with van der Waals surface area (Å²) < 4.78 is 7.22. The topological polar surface area (TPSA) is 60.0 Å². The molecule has 0 radical (unpaired) electrons. The van der Waals surface area contributed by atoms with Crippen LogP contribution < -0.4 is 4.90 Å². The molecule has 6 nitrogen and oxygen atoms in total. The van der Waals surface area contributed by atoms with Gasteiger partial charge in [0.2, 0.25) is 0 Å². The molecule has 0 atom stereocenters. The molecule has 0 N–H and O–H groups in total. The van der Waals surface area contributed by atoms with Crippen molar-refractivity contribution in [2.24, 2.45) is 0 Å². The Balaban J connectivity index is 1.69. The molecule has 0 amide bonds. The molecule has 0 unspecified atom stereocenters. The van der Waals surface area contributed by atoms with Gasteiger partial charge in [-0.2, -0.15) is 0 Å². The predicted molar refractivity (Wildman–Crippen MR) is 106 cm³/mol. The second-order valence-corrected chi connectivity index (χ2v) is 6.65. The van der Waals surface area contributed by atoms with Crippen molar-refractivity contribution in [3.05, 3.63) is 72.1 Å². The third-order valence-corrected chi connectivity index (χ3v) is 4.85. The van der Waals surface area contributed by atoms with Crippen molar-refractivity contribution in [2.75, 3.05) is 11.9 Å². The normalized spacial score (nSPS) is 11.0. The summed E-state index contributed by atoms with van der Waals surface area (Å²) >= 11 is 0. The molecular weight excluding hydrogens is 338 g/mol. The summed E-state index contributed by atoms with van der Waals surface area (Å²) in [6.45, 7) is 6.04. The molecule has 0 spiro atoms. The van der Waals surface area contributed by atoms with Crippen molar-refractivity contribution in [1.82, 2.24) is 19.9 Å². The second kappa shape index (κ2) is 6.72. The zero-order valence-corrected chi connectivity index (χ0v) is 15.8. The van der Waals surface area contributed by atoms with Crippen LogP contribution in [0.25, 0.3) is 16.8 Å². The Labute approximate surface area is 158 Å². The van der Waals surface area contributed by atoms with E-state index in [1.807, 2.05) is 18.4 Å². The van der Waals surface area contributed by atoms with Crippen LogP contribution >= 0.6 is 0 Å². The van der Waals surface area contributed by atoms with Gasteiger partial charge in [-0.25, -0.2) is 0 Å². The molecule has 27 heavy (non-hydrogen) atoms. The molecule has 0 aliphatic heterocycles. The van der Waals surface area contributed by atoms with Crippen molar-refractivity contribution in [2.45, 2.75) is 20.8 Å². The van der Waals surface area contributed by atoms with Gasteiger partial charge in [0.25, 0.3) is 0 Å². The highest BCUT2D eigenvalue weighted by molar-refractivity contribution is 5.76. The highest BCUT2D eigenvalue weighted by atomic mass is 16.5. The van der Waals surface area contributed by atoms with E-state index < -0.39 is 0 Å². The van der Waals surface area contributed by atoms with Crippen molar-refractivity contribution < 1.29 is 4.52 Å². The van der Waals surface area contributed by atoms with Crippen LogP contribution in [0.1, 0.15) is 17.0 Å². The molecular formula is C21H21N5O. The minimum atomic E-state index is 0.836. The molecule has 0 saturated heterocycles. The molecule has 0 fully saturated rings. The lowest BCUT2D eigenvalue weighted by Crippen LogP contribution is -2.11. The molecule has 6 heteroatoms. The van der Waals surface area contributed by atoms with Crippen LogP contribution in [-0.4, -0.2) is 27.0 Å². The minimum absolute atomic E-state index is 0.836. The van der Waals surface area contributed by atoms with Crippen molar-refractivity contribution >= 4 is 11.4 Å². The predicted octanol–water partition coefficient (Wildman–Crippen LogP) is 4.62. The molecule has 0 saturated carbocycles. The molecule has 2 aromatic carbocycles. The quantitative estimate of drug-likeness (QED) is 0.532. The van der Waals surface area contributed by atoms with Crippen molar-refractivity contribution in [3.8, 4) is 16.8 Å². The number of rotatable bonds is 4. The standard InChI is InChI=1S/C21H21N5O/c1-14-5-6-17(21-15(2)24-27-16(21)3)11-20(14)25(4)18-7-9-19(10-8-18)26-12-22-23-13-26/h5-13H,1-4H3. The van der Waals surface area contributed by atoms with Gasteiger partial charge in [-0.15, -0.1) is 10.2 Å². The molecule has 4 rings (SSSR count). The summed E-state index contributed by atoms with van der Waals surface area (Å²) in [4.78, 5) is 2.19. The number of benzene rings is 2. The largest absolute Gasteiger partial charge is 0.361 e. The van der Waals surface area contributed by atoms with Gasteiger partial charge in [-0.3, -0.25) is 4.57 Å². The fourth-order valence-electron chi connectivity index (χ4n) is 3.34. The number of aromatic nitrogens is 4. The van der Waals surface area contributed by atoms with Crippen LogP contribution in [0.3, 0.4) is 0 Å². The van der Waals surface area contributed by atoms with Gasteiger partial charge in [-0.1, -0.05) is 17.3 Å². The molecule has 2 aromatic heterocycles. The van der Waals surface area contributed by atoms with Crippen LogP contribution in [0.5, 0.6) is 0 Å². The minimum Gasteiger partial charge on any atom is -0.361 e. The summed E-state index contributed by atoms with van der Waals surface area (Å²) in [5.41, 5.74) is 7.56. The highest BCUT2D eigenvalue weighted by Gasteiger charge is 2.15. The van der Waals surface area contributed by atoms with E-state index in [1.54, 1.807) is 12.7 Å². The molecule has 0 bridgehead atoms. The van der Waals surface area contributed by atoms with E-state index >= 15 is 0 Å².